The number of hydrogen-bond acceptors (Lipinski definition) is 7. The number of halogens is 1. The van der Waals surface area contributed by atoms with Gasteiger partial charge in [-0.05, 0) is 107 Å². The maximum absolute atomic E-state index is 12.6. The monoisotopic (exact) mass is 596 g/mol. The number of aromatic carboxylic acids is 1. The van der Waals surface area contributed by atoms with Crippen molar-refractivity contribution < 1.29 is 28.9 Å². The molecule has 0 radical (unpaired) electrons. The molecule has 1 fully saturated rings. The van der Waals surface area contributed by atoms with Crippen molar-refractivity contribution in [3.05, 3.63) is 86.7 Å². The molecule has 10 heteroatoms. The van der Waals surface area contributed by atoms with Gasteiger partial charge in [-0.15, -0.1) is 0 Å². The summed E-state index contributed by atoms with van der Waals surface area (Å²) in [5.41, 5.74) is 2.34. The molecule has 1 saturated heterocycles. The Balaban J connectivity index is 1.52. The molecular formula is C28H25BrN2O6S. The van der Waals surface area contributed by atoms with Crippen molar-refractivity contribution in [3.63, 3.8) is 0 Å². The van der Waals surface area contributed by atoms with Crippen LogP contribution in [0.3, 0.4) is 0 Å². The molecule has 1 aliphatic rings. The van der Waals surface area contributed by atoms with Gasteiger partial charge in [0.15, 0.2) is 16.7 Å². The highest BCUT2D eigenvalue weighted by Gasteiger charge is 2.24. The fraction of sp³-hybridized carbons (Fsp3) is 0.179. The van der Waals surface area contributed by atoms with Gasteiger partial charge in [-0.1, -0.05) is 12.1 Å². The number of rotatable bonds is 10. The number of amidine groups is 1. The van der Waals surface area contributed by atoms with E-state index in [1.54, 1.807) is 30.3 Å². The number of carbonyl (C=O) groups excluding carboxylic acids is 1. The van der Waals surface area contributed by atoms with E-state index < -0.39 is 5.97 Å². The maximum Gasteiger partial charge on any atom is 0.335 e. The lowest BCUT2D eigenvalue weighted by atomic mass is 10.1. The Bertz CT molecular complexity index is 1400. The van der Waals surface area contributed by atoms with Gasteiger partial charge in [-0.3, -0.25) is 4.79 Å². The molecule has 8 nitrogen and oxygen atoms in total. The van der Waals surface area contributed by atoms with Crippen LogP contribution in [0.15, 0.2) is 75.0 Å². The molecule has 0 spiro atoms. The van der Waals surface area contributed by atoms with E-state index in [1.807, 2.05) is 44.2 Å². The summed E-state index contributed by atoms with van der Waals surface area (Å²) in [5, 5.41) is 12.5. The van der Waals surface area contributed by atoms with Crippen molar-refractivity contribution >= 4 is 56.5 Å². The van der Waals surface area contributed by atoms with Crippen LogP contribution in [0.1, 0.15) is 35.3 Å². The van der Waals surface area contributed by atoms with Crippen LogP contribution in [0.4, 0.5) is 5.69 Å². The van der Waals surface area contributed by atoms with Crippen LogP contribution in [-0.4, -0.2) is 35.4 Å². The molecule has 0 aliphatic carbocycles. The molecule has 196 valence electrons. The standard InChI is InChI=1S/C28H25BrN2O6S/c1-3-35-21-10-8-20(9-11-21)30-28-31-26(32)24(38-28)15-18-13-22(29)25(23(14-18)36-4-2)37-16-17-6-5-7-19(12-17)27(33)34/h5-15H,3-4,16H2,1-2H3,(H,33,34)(H,30,31,32)/b24-15+. The van der Waals surface area contributed by atoms with Crippen LogP contribution in [0.25, 0.3) is 6.08 Å². The van der Waals surface area contributed by atoms with Crippen LogP contribution < -0.4 is 19.5 Å². The lowest BCUT2D eigenvalue weighted by Crippen LogP contribution is -2.19. The number of nitrogens with one attached hydrogen (secondary N) is 1. The van der Waals surface area contributed by atoms with E-state index in [1.165, 1.54) is 17.8 Å². The molecule has 1 heterocycles. The molecule has 3 aromatic carbocycles. The summed E-state index contributed by atoms with van der Waals surface area (Å²) >= 11 is 4.79. The molecule has 0 saturated carbocycles. The summed E-state index contributed by atoms with van der Waals surface area (Å²) in [6.07, 6.45) is 1.76. The summed E-state index contributed by atoms with van der Waals surface area (Å²) in [6.45, 7) is 4.94. The number of aliphatic imine (C=N–C) groups is 1. The molecule has 0 bridgehead atoms. The Morgan fingerprint density at radius 1 is 1.05 bits per heavy atom. The number of hydrogen-bond donors (Lipinski definition) is 2. The zero-order chi connectivity index (χ0) is 27.1. The van der Waals surface area contributed by atoms with Gasteiger partial charge in [0.1, 0.15) is 12.4 Å². The highest BCUT2D eigenvalue weighted by atomic mass is 79.9. The predicted molar refractivity (Wildman–Crippen MR) is 151 cm³/mol. The Labute approximate surface area is 232 Å². The Morgan fingerprint density at radius 2 is 1.82 bits per heavy atom. The Hall–Kier alpha value is -3.76. The third-order valence-corrected chi connectivity index (χ3v) is 6.71. The maximum atomic E-state index is 12.6. The minimum absolute atomic E-state index is 0.157. The minimum atomic E-state index is -0.998. The van der Waals surface area contributed by atoms with E-state index in [0.717, 1.165) is 11.3 Å². The summed E-state index contributed by atoms with van der Waals surface area (Å²) in [4.78, 5) is 28.9. The third kappa shape index (κ3) is 6.96. The first kappa shape index (κ1) is 27.3. The predicted octanol–water partition coefficient (Wildman–Crippen LogP) is 6.42. The smallest absolute Gasteiger partial charge is 0.335 e. The van der Waals surface area contributed by atoms with Gasteiger partial charge in [-0.2, -0.15) is 0 Å². The van der Waals surface area contributed by atoms with Gasteiger partial charge in [0.2, 0.25) is 0 Å². The second kappa shape index (κ2) is 12.7. The number of ether oxygens (including phenoxy) is 3. The summed E-state index contributed by atoms with van der Waals surface area (Å²) < 4.78 is 17.9. The molecule has 4 rings (SSSR count). The second-order valence-corrected chi connectivity index (χ2v) is 9.85. The van der Waals surface area contributed by atoms with Crippen molar-refractivity contribution in [2.24, 2.45) is 4.99 Å². The average molecular weight is 597 g/mol. The zero-order valence-corrected chi connectivity index (χ0v) is 23.1. The number of carboxylic acid groups (broad SMARTS) is 1. The summed E-state index contributed by atoms with van der Waals surface area (Å²) in [6, 6.07) is 17.5. The van der Waals surface area contributed by atoms with Crippen molar-refractivity contribution in [2.75, 3.05) is 13.2 Å². The number of nitrogens with zero attached hydrogens (tertiary/aromatic N) is 1. The van der Waals surface area contributed by atoms with Crippen LogP contribution >= 0.6 is 27.7 Å². The highest BCUT2D eigenvalue weighted by molar-refractivity contribution is 9.10. The summed E-state index contributed by atoms with van der Waals surface area (Å²) in [7, 11) is 0. The fourth-order valence-electron chi connectivity index (χ4n) is 3.56. The molecule has 38 heavy (non-hydrogen) atoms. The number of benzene rings is 3. The van der Waals surface area contributed by atoms with E-state index in [9.17, 15) is 14.7 Å². The molecule has 0 unspecified atom stereocenters. The van der Waals surface area contributed by atoms with Crippen molar-refractivity contribution in [1.82, 2.24) is 5.32 Å². The van der Waals surface area contributed by atoms with Gasteiger partial charge in [0.25, 0.3) is 5.91 Å². The molecule has 0 atom stereocenters. The van der Waals surface area contributed by atoms with Gasteiger partial charge < -0.3 is 24.6 Å². The Kier molecular flexibility index (Phi) is 9.09. The van der Waals surface area contributed by atoms with E-state index in [0.29, 0.717) is 50.5 Å². The van der Waals surface area contributed by atoms with Crippen molar-refractivity contribution in [1.29, 1.82) is 0 Å². The minimum Gasteiger partial charge on any atom is -0.494 e. The number of thioether (sulfide) groups is 1. The van der Waals surface area contributed by atoms with Crippen LogP contribution in [-0.2, 0) is 11.4 Å². The molecular weight excluding hydrogens is 572 g/mol. The van der Waals surface area contributed by atoms with Crippen molar-refractivity contribution in [3.8, 4) is 17.2 Å². The van der Waals surface area contributed by atoms with Gasteiger partial charge in [0.05, 0.1) is 33.8 Å². The SMILES string of the molecule is CCOc1ccc(N=C2NC(=O)/C(=C\c3cc(Br)c(OCc4cccc(C(=O)O)c4)c(OCC)c3)S2)cc1. The van der Waals surface area contributed by atoms with Gasteiger partial charge >= 0.3 is 5.97 Å². The molecule has 3 aromatic rings. The number of amides is 1. The number of carboxylic acids is 1. The largest absolute Gasteiger partial charge is 0.494 e. The molecule has 1 amide bonds. The fourth-order valence-corrected chi connectivity index (χ4v) is 4.97. The zero-order valence-electron chi connectivity index (χ0n) is 20.7. The molecule has 0 aromatic heterocycles. The van der Waals surface area contributed by atoms with E-state index >= 15 is 0 Å². The average Bonchev–Trinajstić information content (AvgIpc) is 3.23. The quantitative estimate of drug-likeness (QED) is 0.260. The normalized spacial score (nSPS) is 15.0. The highest BCUT2D eigenvalue weighted by Crippen LogP contribution is 2.39. The van der Waals surface area contributed by atoms with Crippen LogP contribution in [0.2, 0.25) is 0 Å². The first-order valence-electron chi connectivity index (χ1n) is 11.8. The topological polar surface area (TPSA) is 106 Å². The molecule has 2 N–H and O–H groups in total. The van der Waals surface area contributed by atoms with Crippen LogP contribution in [0.5, 0.6) is 17.2 Å². The molecule has 1 aliphatic heterocycles. The first-order valence-corrected chi connectivity index (χ1v) is 13.4. The van der Waals surface area contributed by atoms with Gasteiger partial charge in [-0.25, -0.2) is 9.79 Å². The second-order valence-electron chi connectivity index (χ2n) is 7.97. The van der Waals surface area contributed by atoms with Crippen LogP contribution in [0, 0.1) is 0 Å². The summed E-state index contributed by atoms with van der Waals surface area (Å²) in [5.74, 6) is 0.497. The van der Waals surface area contributed by atoms with E-state index in [4.69, 9.17) is 14.2 Å². The first-order chi connectivity index (χ1) is 18.4. The third-order valence-electron chi connectivity index (χ3n) is 5.22. The van der Waals surface area contributed by atoms with E-state index in [-0.39, 0.29) is 18.1 Å². The van der Waals surface area contributed by atoms with E-state index in [2.05, 4.69) is 26.2 Å². The lowest BCUT2D eigenvalue weighted by Gasteiger charge is -2.15. The van der Waals surface area contributed by atoms with Gasteiger partial charge in [0, 0.05) is 0 Å². The number of carbonyl (C=O) groups is 2. The van der Waals surface area contributed by atoms with Crippen molar-refractivity contribution in [2.45, 2.75) is 20.5 Å². The lowest BCUT2D eigenvalue weighted by molar-refractivity contribution is -0.115. The Morgan fingerprint density at radius 3 is 2.53 bits per heavy atom.